The van der Waals surface area contributed by atoms with Crippen LogP contribution in [0.2, 0.25) is 0 Å². The van der Waals surface area contributed by atoms with Crippen LogP contribution in [0.5, 0.6) is 0 Å². The number of alkyl halides is 1. The Morgan fingerprint density at radius 1 is 1.53 bits per heavy atom. The minimum atomic E-state index is -0.433. The third-order valence-electron chi connectivity index (χ3n) is 3.11. The van der Waals surface area contributed by atoms with Crippen LogP contribution in [0, 0.1) is 5.92 Å². The Hall–Kier alpha value is -0.250. The van der Waals surface area contributed by atoms with E-state index in [9.17, 15) is 4.79 Å². The van der Waals surface area contributed by atoms with Crippen LogP contribution in [0.3, 0.4) is 0 Å². The number of ether oxygens (including phenoxy) is 1. The smallest absolute Gasteiger partial charge is 0.408 e. The molecule has 2 unspecified atom stereocenters. The molecule has 0 aromatic rings. The quantitative estimate of drug-likeness (QED) is 0.787. The first-order valence-corrected chi connectivity index (χ1v) is 7.46. The summed E-state index contributed by atoms with van der Waals surface area (Å²) in [5, 5.41) is 3.86. The summed E-state index contributed by atoms with van der Waals surface area (Å²) in [5.74, 6) is 0.663. The third-order valence-corrected chi connectivity index (χ3v) is 4.19. The van der Waals surface area contributed by atoms with Crippen LogP contribution in [-0.4, -0.2) is 22.6 Å². The van der Waals surface area contributed by atoms with E-state index in [-0.39, 0.29) is 11.6 Å². The minimum Gasteiger partial charge on any atom is -0.444 e. The summed E-state index contributed by atoms with van der Waals surface area (Å²) in [6.07, 6.45) is 4.18. The van der Waals surface area contributed by atoms with Gasteiger partial charge in [0.05, 0.1) is 5.54 Å². The van der Waals surface area contributed by atoms with E-state index in [1.807, 2.05) is 20.8 Å². The molecule has 17 heavy (non-hydrogen) atoms. The molecule has 100 valence electrons. The average molecular weight is 306 g/mol. The van der Waals surface area contributed by atoms with Crippen LogP contribution in [0.4, 0.5) is 4.79 Å². The van der Waals surface area contributed by atoms with Gasteiger partial charge in [0.2, 0.25) is 0 Å². The van der Waals surface area contributed by atoms with Crippen LogP contribution in [0.1, 0.15) is 53.4 Å². The van der Waals surface area contributed by atoms with E-state index in [1.54, 1.807) is 0 Å². The maximum atomic E-state index is 11.8. The predicted molar refractivity (Wildman–Crippen MR) is 73.5 cm³/mol. The van der Waals surface area contributed by atoms with E-state index in [2.05, 4.69) is 28.2 Å². The fourth-order valence-electron chi connectivity index (χ4n) is 2.45. The zero-order valence-corrected chi connectivity index (χ0v) is 12.9. The predicted octanol–water partition coefficient (Wildman–Crippen LogP) is 3.85. The molecule has 0 radical (unpaired) electrons. The summed E-state index contributed by atoms with van der Waals surface area (Å²) in [4.78, 5) is 11.8. The molecule has 1 rings (SSSR count). The van der Waals surface area contributed by atoms with Gasteiger partial charge in [-0.2, -0.15) is 0 Å². The van der Waals surface area contributed by atoms with Gasteiger partial charge in [0.25, 0.3) is 0 Å². The first kappa shape index (κ1) is 14.8. The monoisotopic (exact) mass is 305 g/mol. The lowest BCUT2D eigenvalue weighted by molar-refractivity contribution is 0.0428. The number of carbonyl (C=O) groups is 1. The largest absolute Gasteiger partial charge is 0.444 e. The van der Waals surface area contributed by atoms with E-state index in [0.717, 1.165) is 18.2 Å². The Morgan fingerprint density at radius 3 is 2.65 bits per heavy atom. The lowest BCUT2D eigenvalue weighted by atomic mass is 9.78. The van der Waals surface area contributed by atoms with Crippen LogP contribution >= 0.6 is 15.9 Å². The van der Waals surface area contributed by atoms with Gasteiger partial charge in [0.15, 0.2) is 0 Å². The van der Waals surface area contributed by atoms with Gasteiger partial charge in [-0.1, -0.05) is 35.7 Å². The zero-order valence-electron chi connectivity index (χ0n) is 11.3. The first-order valence-electron chi connectivity index (χ1n) is 6.33. The van der Waals surface area contributed by atoms with Gasteiger partial charge in [0, 0.05) is 5.33 Å². The summed E-state index contributed by atoms with van der Waals surface area (Å²) in [6.45, 7) is 7.90. The fraction of sp³-hybridized carbons (Fsp3) is 0.923. The van der Waals surface area contributed by atoms with Gasteiger partial charge in [-0.15, -0.1) is 0 Å². The van der Waals surface area contributed by atoms with Crippen molar-refractivity contribution < 1.29 is 9.53 Å². The first-order chi connectivity index (χ1) is 7.76. The Bertz CT molecular complexity index is 275. The SMILES string of the molecule is CC1CCCC(CBr)(NC(=O)OC(C)(C)C)C1. The molecule has 0 heterocycles. The fourth-order valence-corrected chi connectivity index (χ4v) is 3.10. The number of hydrogen-bond donors (Lipinski definition) is 1. The number of alkyl carbamates (subject to hydrolysis) is 1. The van der Waals surface area contributed by atoms with Gasteiger partial charge in [0.1, 0.15) is 5.60 Å². The average Bonchev–Trinajstić information content (AvgIpc) is 2.14. The maximum Gasteiger partial charge on any atom is 0.408 e. The summed E-state index contributed by atoms with van der Waals surface area (Å²) in [6, 6.07) is 0. The lowest BCUT2D eigenvalue weighted by Gasteiger charge is -2.39. The standard InChI is InChI=1S/C13H24BrNO2/c1-10-6-5-7-13(8-10,9-14)15-11(16)17-12(2,3)4/h10H,5-9H2,1-4H3,(H,15,16). The topological polar surface area (TPSA) is 38.3 Å². The molecule has 1 aliphatic carbocycles. The number of nitrogens with one attached hydrogen (secondary N) is 1. The maximum absolute atomic E-state index is 11.8. The molecule has 0 aromatic heterocycles. The molecule has 4 heteroatoms. The van der Waals surface area contributed by atoms with Crippen molar-refractivity contribution >= 4 is 22.0 Å². The molecule has 0 aromatic carbocycles. The molecule has 0 spiro atoms. The van der Waals surface area contributed by atoms with Crippen molar-refractivity contribution in [1.29, 1.82) is 0 Å². The summed E-state index contributed by atoms with van der Waals surface area (Å²) in [5.41, 5.74) is -0.558. The molecule has 1 fully saturated rings. The molecular weight excluding hydrogens is 282 g/mol. The molecular formula is C13H24BrNO2. The number of carbonyl (C=O) groups excluding carboxylic acids is 1. The van der Waals surface area contributed by atoms with E-state index in [4.69, 9.17) is 4.74 Å². The van der Waals surface area contributed by atoms with Crippen molar-refractivity contribution in [2.75, 3.05) is 5.33 Å². The van der Waals surface area contributed by atoms with Crippen molar-refractivity contribution in [2.45, 2.75) is 64.5 Å². The zero-order chi connectivity index (χ0) is 13.1. The highest BCUT2D eigenvalue weighted by atomic mass is 79.9. The van der Waals surface area contributed by atoms with Crippen LogP contribution in [0.15, 0.2) is 0 Å². The van der Waals surface area contributed by atoms with Crippen molar-refractivity contribution in [1.82, 2.24) is 5.32 Å². The summed E-state index contributed by atoms with van der Waals surface area (Å²) in [7, 11) is 0. The Balaban J connectivity index is 2.59. The number of rotatable bonds is 2. The molecule has 0 bridgehead atoms. The molecule has 3 nitrogen and oxygen atoms in total. The van der Waals surface area contributed by atoms with E-state index >= 15 is 0 Å². The minimum absolute atomic E-state index is 0.125. The molecule has 1 saturated carbocycles. The number of halogens is 1. The van der Waals surface area contributed by atoms with Gasteiger partial charge in [-0.25, -0.2) is 4.79 Å². The van der Waals surface area contributed by atoms with Gasteiger partial charge in [-0.3, -0.25) is 0 Å². The van der Waals surface area contributed by atoms with Crippen LogP contribution in [0.25, 0.3) is 0 Å². The second-order valence-corrected chi connectivity index (χ2v) is 6.80. The normalized spacial score (nSPS) is 29.8. The summed E-state index contributed by atoms with van der Waals surface area (Å²) >= 11 is 3.53. The second-order valence-electron chi connectivity index (χ2n) is 6.24. The number of amides is 1. The van der Waals surface area contributed by atoms with Crippen LogP contribution < -0.4 is 5.32 Å². The Labute approximate surface area is 113 Å². The summed E-state index contributed by atoms with van der Waals surface area (Å²) < 4.78 is 5.33. The van der Waals surface area contributed by atoms with Gasteiger partial charge < -0.3 is 10.1 Å². The Morgan fingerprint density at radius 2 is 2.18 bits per heavy atom. The van der Waals surface area contributed by atoms with E-state index < -0.39 is 5.60 Å². The highest BCUT2D eigenvalue weighted by Gasteiger charge is 2.36. The number of hydrogen-bond acceptors (Lipinski definition) is 2. The van der Waals surface area contributed by atoms with Gasteiger partial charge in [-0.05, 0) is 39.5 Å². The Kier molecular flexibility index (Phi) is 4.87. The van der Waals surface area contributed by atoms with Crippen LogP contribution in [-0.2, 0) is 4.74 Å². The molecule has 1 N–H and O–H groups in total. The third kappa shape index (κ3) is 4.86. The van der Waals surface area contributed by atoms with E-state index in [0.29, 0.717) is 5.92 Å². The van der Waals surface area contributed by atoms with Crippen molar-refractivity contribution in [3.05, 3.63) is 0 Å². The second kappa shape index (κ2) is 5.59. The molecule has 0 aliphatic heterocycles. The highest BCUT2D eigenvalue weighted by Crippen LogP contribution is 2.33. The van der Waals surface area contributed by atoms with Crippen molar-refractivity contribution in [3.63, 3.8) is 0 Å². The molecule has 1 aliphatic rings. The molecule has 0 saturated heterocycles. The van der Waals surface area contributed by atoms with Crippen molar-refractivity contribution in [3.8, 4) is 0 Å². The van der Waals surface area contributed by atoms with Gasteiger partial charge >= 0.3 is 6.09 Å². The van der Waals surface area contributed by atoms with Crippen molar-refractivity contribution in [2.24, 2.45) is 5.92 Å². The molecule has 1 amide bonds. The lowest BCUT2D eigenvalue weighted by Crippen LogP contribution is -2.53. The molecule has 2 atom stereocenters. The van der Waals surface area contributed by atoms with E-state index in [1.165, 1.54) is 12.8 Å². The highest BCUT2D eigenvalue weighted by molar-refractivity contribution is 9.09.